The average Bonchev–Trinajstić information content (AvgIpc) is 2.70. The first-order valence-corrected chi connectivity index (χ1v) is 9.72. The largest absolute Gasteiger partial charge is 0.479 e. The smallest absolute Gasteiger partial charge is 0.333 e. The van der Waals surface area contributed by atoms with Gasteiger partial charge in [0.2, 0.25) is 0 Å². The minimum Gasteiger partial charge on any atom is -0.479 e. The van der Waals surface area contributed by atoms with E-state index in [2.05, 4.69) is 10.3 Å². The van der Waals surface area contributed by atoms with Crippen LogP contribution in [0.1, 0.15) is 31.4 Å². The van der Waals surface area contributed by atoms with E-state index >= 15 is 0 Å². The number of rotatable bonds is 9. The summed E-state index contributed by atoms with van der Waals surface area (Å²) in [5.74, 6) is -0.954. The molecule has 0 spiro atoms. The number of fused-ring (bicyclic) bond motifs is 1. The molecule has 1 heterocycles. The molecule has 29 heavy (non-hydrogen) atoms. The number of nitrogens with zero attached hydrogens (tertiary/aromatic N) is 3. The number of aromatic nitrogens is 3. The maximum atomic E-state index is 12.5. The van der Waals surface area contributed by atoms with Gasteiger partial charge in [0, 0.05) is 13.0 Å². The first-order valence-electron chi connectivity index (χ1n) is 9.72. The van der Waals surface area contributed by atoms with Crippen LogP contribution in [0.15, 0.2) is 53.3 Å². The maximum absolute atomic E-state index is 12.5. The van der Waals surface area contributed by atoms with Crippen LogP contribution < -0.4 is 5.56 Å². The lowest BCUT2D eigenvalue weighted by Gasteiger charge is -2.16. The Labute approximate surface area is 168 Å². The Morgan fingerprint density at radius 2 is 1.79 bits per heavy atom. The highest BCUT2D eigenvalue weighted by Gasteiger charge is 2.19. The van der Waals surface area contributed by atoms with Gasteiger partial charge in [-0.3, -0.25) is 4.79 Å². The summed E-state index contributed by atoms with van der Waals surface area (Å²) in [7, 11) is 0. The predicted octanol–water partition coefficient (Wildman–Crippen LogP) is 2.85. The average molecular weight is 395 g/mol. The van der Waals surface area contributed by atoms with Crippen molar-refractivity contribution < 1.29 is 14.6 Å². The zero-order chi connectivity index (χ0) is 20.8. The fraction of sp³-hybridized carbons (Fsp3) is 0.364. The van der Waals surface area contributed by atoms with Crippen LogP contribution in [-0.2, 0) is 28.9 Å². The van der Waals surface area contributed by atoms with Gasteiger partial charge in [-0.25, -0.2) is 9.48 Å². The third kappa shape index (κ3) is 5.48. The highest BCUT2D eigenvalue weighted by atomic mass is 16.5. The van der Waals surface area contributed by atoms with Crippen molar-refractivity contribution in [2.45, 2.75) is 51.9 Å². The third-order valence-corrected chi connectivity index (χ3v) is 4.62. The van der Waals surface area contributed by atoms with Gasteiger partial charge in [0.25, 0.3) is 5.56 Å². The van der Waals surface area contributed by atoms with E-state index < -0.39 is 12.1 Å². The summed E-state index contributed by atoms with van der Waals surface area (Å²) in [4.78, 5) is 23.8. The molecule has 0 saturated heterocycles. The van der Waals surface area contributed by atoms with Crippen molar-refractivity contribution in [2.75, 3.05) is 0 Å². The molecule has 152 valence electrons. The fourth-order valence-electron chi connectivity index (χ4n) is 3.18. The quantitative estimate of drug-likeness (QED) is 0.599. The van der Waals surface area contributed by atoms with Gasteiger partial charge in [0.1, 0.15) is 5.52 Å². The number of benzene rings is 2. The topological polar surface area (TPSA) is 94.3 Å². The van der Waals surface area contributed by atoms with E-state index in [1.807, 2.05) is 50.2 Å². The van der Waals surface area contributed by atoms with Gasteiger partial charge in [0.15, 0.2) is 6.10 Å². The molecule has 2 aromatic carbocycles. The molecular formula is C22H25N3O4. The minimum absolute atomic E-state index is 0.129. The van der Waals surface area contributed by atoms with Gasteiger partial charge in [-0.15, -0.1) is 5.10 Å². The second kappa shape index (κ2) is 9.43. The van der Waals surface area contributed by atoms with Gasteiger partial charge in [-0.1, -0.05) is 41.6 Å². The van der Waals surface area contributed by atoms with Crippen LogP contribution in [0.5, 0.6) is 0 Å². The number of carboxylic acids is 1. The molecule has 1 aromatic heterocycles. The van der Waals surface area contributed by atoms with E-state index in [4.69, 9.17) is 4.74 Å². The number of aryl methyl sites for hydroxylation is 2. The normalized spacial score (nSPS) is 12.4. The number of carbonyl (C=O) groups is 1. The van der Waals surface area contributed by atoms with Crippen LogP contribution in [0.3, 0.4) is 0 Å². The van der Waals surface area contributed by atoms with Gasteiger partial charge in [0.05, 0.1) is 11.5 Å². The van der Waals surface area contributed by atoms with Crippen LogP contribution in [0.25, 0.3) is 10.9 Å². The first-order chi connectivity index (χ1) is 13.9. The molecule has 0 aliphatic rings. The Kier molecular flexibility index (Phi) is 6.72. The molecule has 0 aliphatic heterocycles. The number of aliphatic carboxylic acids is 1. The minimum atomic E-state index is -0.954. The number of hydrogen-bond donors (Lipinski definition) is 1. The molecule has 3 aromatic rings. The lowest BCUT2D eigenvalue weighted by Crippen LogP contribution is -2.29. The molecule has 0 amide bonds. The van der Waals surface area contributed by atoms with Crippen molar-refractivity contribution in [1.29, 1.82) is 0 Å². The predicted molar refractivity (Wildman–Crippen MR) is 110 cm³/mol. The highest BCUT2D eigenvalue weighted by Crippen LogP contribution is 2.12. The van der Waals surface area contributed by atoms with Crippen molar-refractivity contribution in [2.24, 2.45) is 0 Å². The van der Waals surface area contributed by atoms with E-state index in [1.165, 1.54) is 4.68 Å². The zero-order valence-corrected chi connectivity index (χ0v) is 16.6. The molecule has 0 aliphatic carbocycles. The van der Waals surface area contributed by atoms with E-state index in [1.54, 1.807) is 12.1 Å². The number of carboxylic acid groups (broad SMARTS) is 1. The van der Waals surface area contributed by atoms with Crippen LogP contribution in [-0.4, -0.2) is 38.3 Å². The van der Waals surface area contributed by atoms with Gasteiger partial charge in [-0.2, -0.15) is 0 Å². The standard InChI is InChI=1S/C22H25N3O4/c1-15(2)29-20(22(27)28)14-17-11-9-16(10-12-17)6-5-13-25-21(26)18-7-3-4-8-19(18)23-24-25/h3-4,7-12,15,20H,5-6,13-14H2,1-2H3,(H,27,28). The molecule has 7 heteroatoms. The second-order valence-corrected chi connectivity index (χ2v) is 7.27. The molecule has 1 atom stereocenters. The van der Waals surface area contributed by atoms with E-state index in [-0.39, 0.29) is 11.7 Å². The zero-order valence-electron chi connectivity index (χ0n) is 16.6. The molecule has 0 radical (unpaired) electrons. The van der Waals surface area contributed by atoms with Gasteiger partial charge < -0.3 is 9.84 Å². The van der Waals surface area contributed by atoms with Gasteiger partial charge in [-0.05, 0) is 49.9 Å². The summed E-state index contributed by atoms with van der Waals surface area (Å²) >= 11 is 0. The van der Waals surface area contributed by atoms with Crippen molar-refractivity contribution in [3.63, 3.8) is 0 Å². The summed E-state index contributed by atoms with van der Waals surface area (Å²) < 4.78 is 6.86. The first kappa shape index (κ1) is 20.7. The monoisotopic (exact) mass is 395 g/mol. The van der Waals surface area contributed by atoms with Crippen molar-refractivity contribution >= 4 is 16.9 Å². The molecule has 0 bridgehead atoms. The van der Waals surface area contributed by atoms with Crippen LogP contribution in [0, 0.1) is 0 Å². The highest BCUT2D eigenvalue weighted by molar-refractivity contribution is 5.76. The lowest BCUT2D eigenvalue weighted by atomic mass is 10.0. The number of ether oxygens (including phenoxy) is 1. The summed E-state index contributed by atoms with van der Waals surface area (Å²) in [5, 5.41) is 18.0. The van der Waals surface area contributed by atoms with Crippen LogP contribution in [0.4, 0.5) is 0 Å². The molecule has 0 saturated carbocycles. The summed E-state index contributed by atoms with van der Waals surface area (Å²) in [6.45, 7) is 4.14. The molecule has 1 unspecified atom stereocenters. The van der Waals surface area contributed by atoms with Crippen LogP contribution in [0.2, 0.25) is 0 Å². The van der Waals surface area contributed by atoms with E-state index in [0.717, 1.165) is 24.0 Å². The Morgan fingerprint density at radius 3 is 2.48 bits per heavy atom. The van der Waals surface area contributed by atoms with Crippen LogP contribution >= 0.6 is 0 Å². The van der Waals surface area contributed by atoms with Crippen molar-refractivity contribution in [3.05, 3.63) is 70.0 Å². The molecular weight excluding hydrogens is 370 g/mol. The van der Waals surface area contributed by atoms with Crippen molar-refractivity contribution in [1.82, 2.24) is 15.0 Å². The summed E-state index contributed by atoms with van der Waals surface area (Å²) in [6.07, 6.45) is 0.874. The summed E-state index contributed by atoms with van der Waals surface area (Å²) in [6, 6.07) is 15.0. The molecule has 1 N–H and O–H groups in total. The van der Waals surface area contributed by atoms with Crippen molar-refractivity contribution in [3.8, 4) is 0 Å². The fourth-order valence-corrected chi connectivity index (χ4v) is 3.18. The van der Waals surface area contributed by atoms with Gasteiger partial charge >= 0.3 is 5.97 Å². The van der Waals surface area contributed by atoms with E-state index in [0.29, 0.717) is 23.9 Å². The molecule has 3 rings (SSSR count). The second-order valence-electron chi connectivity index (χ2n) is 7.27. The Hall–Kier alpha value is -3.06. The Balaban J connectivity index is 1.57. The van der Waals surface area contributed by atoms with E-state index in [9.17, 15) is 14.7 Å². The number of hydrogen-bond acceptors (Lipinski definition) is 5. The summed E-state index contributed by atoms with van der Waals surface area (Å²) in [5.41, 5.74) is 2.51. The Bertz CT molecular complexity index is 1030. The molecule has 7 nitrogen and oxygen atoms in total. The SMILES string of the molecule is CC(C)OC(Cc1ccc(CCCn2nnc3ccccc3c2=O)cc1)C(=O)O. The maximum Gasteiger partial charge on any atom is 0.333 e. The molecule has 0 fully saturated rings. The Morgan fingerprint density at radius 1 is 1.10 bits per heavy atom. The lowest BCUT2D eigenvalue weighted by molar-refractivity contribution is -0.153. The third-order valence-electron chi connectivity index (χ3n) is 4.62.